The smallest absolute Gasteiger partial charge is 0.234 e. The zero-order valence-corrected chi connectivity index (χ0v) is 11.8. The molecule has 4 nitrogen and oxygen atoms in total. The fourth-order valence-corrected chi connectivity index (χ4v) is 3.40. The van der Waals surface area contributed by atoms with Gasteiger partial charge >= 0.3 is 0 Å². The number of ether oxygens (including phenoxy) is 1. The maximum Gasteiger partial charge on any atom is 0.234 e. The first-order valence-corrected chi connectivity index (χ1v) is 7.51. The van der Waals surface area contributed by atoms with E-state index < -0.39 is 0 Å². The molecule has 0 radical (unpaired) electrons. The number of nitrogens with zero attached hydrogens (tertiary/aromatic N) is 1. The van der Waals surface area contributed by atoms with Crippen LogP contribution < -0.4 is 15.4 Å². The summed E-state index contributed by atoms with van der Waals surface area (Å²) in [6, 6.07) is 7.76. The molecule has 0 saturated heterocycles. The number of para-hydroxylation sites is 2. The Morgan fingerprint density at radius 1 is 1.25 bits per heavy atom. The lowest BCUT2D eigenvalue weighted by atomic mass is 9.73. The summed E-state index contributed by atoms with van der Waals surface area (Å²) in [5.41, 5.74) is 6.52. The summed E-state index contributed by atoms with van der Waals surface area (Å²) in [7, 11) is 0. The number of nitrogens with two attached hydrogens (primary N) is 1. The molecule has 1 fully saturated rings. The molecular weight excluding hydrogens is 252 g/mol. The Bertz CT molecular complexity index is 495. The topological polar surface area (TPSA) is 55.6 Å². The number of amides is 1. The second-order valence-electron chi connectivity index (χ2n) is 5.82. The summed E-state index contributed by atoms with van der Waals surface area (Å²) in [4.78, 5) is 14.9. The lowest BCUT2D eigenvalue weighted by molar-refractivity contribution is -0.129. The van der Waals surface area contributed by atoms with Crippen LogP contribution in [0.1, 0.15) is 32.1 Å². The Labute approximate surface area is 119 Å². The predicted molar refractivity (Wildman–Crippen MR) is 78.9 cm³/mol. The van der Waals surface area contributed by atoms with Gasteiger partial charge in [0.05, 0.1) is 17.6 Å². The van der Waals surface area contributed by atoms with Gasteiger partial charge in [-0.15, -0.1) is 0 Å². The summed E-state index contributed by atoms with van der Waals surface area (Å²) in [6.45, 7) is 1.63. The van der Waals surface area contributed by atoms with Crippen molar-refractivity contribution in [3.63, 3.8) is 0 Å². The molecule has 1 aliphatic carbocycles. The summed E-state index contributed by atoms with van der Waals surface area (Å²) in [5, 5.41) is 0. The van der Waals surface area contributed by atoms with Gasteiger partial charge in [0.1, 0.15) is 12.4 Å². The minimum atomic E-state index is -0.358. The molecule has 0 unspecified atom stereocenters. The van der Waals surface area contributed by atoms with Gasteiger partial charge in [0.15, 0.2) is 0 Å². The minimum absolute atomic E-state index is 0.190. The number of carbonyl (C=O) groups is 1. The second-order valence-corrected chi connectivity index (χ2v) is 5.82. The molecule has 0 aromatic heterocycles. The molecule has 108 valence electrons. The van der Waals surface area contributed by atoms with Crippen LogP contribution in [0.2, 0.25) is 0 Å². The Balaban J connectivity index is 1.91. The number of hydrogen-bond acceptors (Lipinski definition) is 3. The van der Waals surface area contributed by atoms with E-state index in [2.05, 4.69) is 0 Å². The SMILES string of the molecule is NCC1(C(=O)N2CCOc3ccccc32)CCCCC1. The van der Waals surface area contributed by atoms with E-state index in [0.29, 0.717) is 19.7 Å². The van der Waals surface area contributed by atoms with Crippen LogP contribution in [0.25, 0.3) is 0 Å². The van der Waals surface area contributed by atoms with Crippen LogP contribution in [0, 0.1) is 5.41 Å². The maximum atomic E-state index is 13.1. The molecule has 1 aromatic rings. The van der Waals surface area contributed by atoms with Crippen molar-refractivity contribution >= 4 is 11.6 Å². The average Bonchev–Trinajstić information content (AvgIpc) is 2.54. The van der Waals surface area contributed by atoms with Gasteiger partial charge in [0.2, 0.25) is 5.91 Å². The average molecular weight is 274 g/mol. The van der Waals surface area contributed by atoms with Gasteiger partial charge < -0.3 is 15.4 Å². The number of fused-ring (bicyclic) bond motifs is 1. The highest BCUT2D eigenvalue weighted by Gasteiger charge is 2.42. The molecule has 2 N–H and O–H groups in total. The molecule has 1 aliphatic heterocycles. The first-order valence-electron chi connectivity index (χ1n) is 7.51. The minimum Gasteiger partial charge on any atom is -0.490 e. The summed E-state index contributed by atoms with van der Waals surface area (Å²) < 4.78 is 5.63. The number of carbonyl (C=O) groups excluding carboxylic acids is 1. The third kappa shape index (κ3) is 2.18. The third-order valence-corrected chi connectivity index (χ3v) is 4.63. The van der Waals surface area contributed by atoms with Crippen molar-refractivity contribution in [1.82, 2.24) is 0 Å². The highest BCUT2D eigenvalue weighted by molar-refractivity contribution is 5.99. The van der Waals surface area contributed by atoms with Gasteiger partial charge in [0, 0.05) is 6.54 Å². The second kappa shape index (κ2) is 5.44. The molecule has 4 heteroatoms. The molecular formula is C16H22N2O2. The van der Waals surface area contributed by atoms with Crippen LogP contribution in [0.5, 0.6) is 5.75 Å². The predicted octanol–water partition coefficient (Wildman–Crippen LogP) is 2.32. The van der Waals surface area contributed by atoms with E-state index in [1.54, 1.807) is 0 Å². The third-order valence-electron chi connectivity index (χ3n) is 4.63. The zero-order valence-electron chi connectivity index (χ0n) is 11.8. The first-order chi connectivity index (χ1) is 9.77. The molecule has 3 rings (SSSR count). The van der Waals surface area contributed by atoms with Crippen molar-refractivity contribution in [1.29, 1.82) is 0 Å². The largest absolute Gasteiger partial charge is 0.490 e. The molecule has 2 aliphatic rings. The van der Waals surface area contributed by atoms with Gasteiger partial charge in [0.25, 0.3) is 0 Å². The lowest BCUT2D eigenvalue weighted by Crippen LogP contribution is -2.51. The zero-order chi connectivity index (χ0) is 14.0. The molecule has 0 spiro atoms. The summed E-state index contributed by atoms with van der Waals surface area (Å²) >= 11 is 0. The van der Waals surface area contributed by atoms with Crippen LogP contribution in [-0.2, 0) is 4.79 Å². The molecule has 1 heterocycles. The molecule has 1 saturated carbocycles. The van der Waals surface area contributed by atoms with E-state index in [1.807, 2.05) is 29.2 Å². The van der Waals surface area contributed by atoms with E-state index in [9.17, 15) is 4.79 Å². The normalized spacial score (nSPS) is 20.9. The fraction of sp³-hybridized carbons (Fsp3) is 0.562. The van der Waals surface area contributed by atoms with E-state index >= 15 is 0 Å². The van der Waals surface area contributed by atoms with Crippen LogP contribution >= 0.6 is 0 Å². The van der Waals surface area contributed by atoms with Crippen molar-refractivity contribution in [2.75, 3.05) is 24.6 Å². The maximum absolute atomic E-state index is 13.1. The lowest BCUT2D eigenvalue weighted by Gasteiger charge is -2.40. The van der Waals surface area contributed by atoms with E-state index in [4.69, 9.17) is 10.5 Å². The van der Waals surface area contributed by atoms with Gasteiger partial charge in [-0.05, 0) is 25.0 Å². The van der Waals surface area contributed by atoms with Crippen molar-refractivity contribution in [2.45, 2.75) is 32.1 Å². The monoisotopic (exact) mass is 274 g/mol. The van der Waals surface area contributed by atoms with Gasteiger partial charge in [-0.3, -0.25) is 4.79 Å². The highest BCUT2D eigenvalue weighted by atomic mass is 16.5. The Kier molecular flexibility index (Phi) is 3.66. The number of rotatable bonds is 2. The number of benzene rings is 1. The first kappa shape index (κ1) is 13.4. The van der Waals surface area contributed by atoms with Gasteiger partial charge in [-0.2, -0.15) is 0 Å². The van der Waals surface area contributed by atoms with Crippen molar-refractivity contribution in [3.05, 3.63) is 24.3 Å². The Morgan fingerprint density at radius 3 is 2.75 bits per heavy atom. The standard InChI is InChI=1S/C16H22N2O2/c17-12-16(8-4-1-5-9-16)15(19)18-10-11-20-14-7-3-2-6-13(14)18/h2-3,6-7H,1,4-5,8-12,17H2. The molecule has 1 aromatic carbocycles. The number of anilines is 1. The number of hydrogen-bond donors (Lipinski definition) is 1. The van der Waals surface area contributed by atoms with Crippen LogP contribution in [0.3, 0.4) is 0 Å². The quantitative estimate of drug-likeness (QED) is 0.900. The van der Waals surface area contributed by atoms with Crippen LogP contribution in [-0.4, -0.2) is 25.6 Å². The molecule has 1 amide bonds. The molecule has 20 heavy (non-hydrogen) atoms. The van der Waals surface area contributed by atoms with Crippen LogP contribution in [0.15, 0.2) is 24.3 Å². The Hall–Kier alpha value is -1.55. The Morgan fingerprint density at radius 2 is 2.00 bits per heavy atom. The molecule has 0 atom stereocenters. The summed E-state index contributed by atoms with van der Waals surface area (Å²) in [5.74, 6) is 0.991. The van der Waals surface area contributed by atoms with E-state index in [0.717, 1.165) is 37.1 Å². The van der Waals surface area contributed by atoms with Crippen molar-refractivity contribution in [2.24, 2.45) is 11.1 Å². The van der Waals surface area contributed by atoms with Crippen molar-refractivity contribution in [3.8, 4) is 5.75 Å². The molecule has 0 bridgehead atoms. The van der Waals surface area contributed by atoms with E-state index in [-0.39, 0.29) is 11.3 Å². The van der Waals surface area contributed by atoms with Crippen LogP contribution in [0.4, 0.5) is 5.69 Å². The van der Waals surface area contributed by atoms with Gasteiger partial charge in [-0.1, -0.05) is 31.4 Å². The van der Waals surface area contributed by atoms with E-state index in [1.165, 1.54) is 6.42 Å². The summed E-state index contributed by atoms with van der Waals surface area (Å²) in [6.07, 6.45) is 5.27. The van der Waals surface area contributed by atoms with Gasteiger partial charge in [-0.25, -0.2) is 0 Å². The van der Waals surface area contributed by atoms with Crippen molar-refractivity contribution < 1.29 is 9.53 Å². The fourth-order valence-electron chi connectivity index (χ4n) is 3.40. The highest BCUT2D eigenvalue weighted by Crippen LogP contribution is 2.40.